The first kappa shape index (κ1) is 16.9. The number of anilines is 1. The molecule has 0 unspecified atom stereocenters. The Bertz CT molecular complexity index is 1060. The molecule has 3 aromatic carbocycles. The Balaban J connectivity index is 1.79. The monoisotopic (exact) mass is 368 g/mol. The van der Waals surface area contributed by atoms with E-state index in [4.69, 9.17) is 4.74 Å². The molecule has 6 heteroatoms. The Labute approximate surface area is 153 Å². The van der Waals surface area contributed by atoms with Gasteiger partial charge in [-0.3, -0.25) is 0 Å². The van der Waals surface area contributed by atoms with Gasteiger partial charge in [0.2, 0.25) is 10.0 Å². The maximum absolute atomic E-state index is 12.0. The number of benzene rings is 3. The van der Waals surface area contributed by atoms with Crippen LogP contribution in [0, 0.1) is 0 Å². The zero-order chi connectivity index (χ0) is 18.3. The molecular formula is C20H20N2O3S. The molecule has 0 aromatic heterocycles. The van der Waals surface area contributed by atoms with Gasteiger partial charge in [-0.15, -0.1) is 0 Å². The van der Waals surface area contributed by atoms with Crippen molar-refractivity contribution < 1.29 is 13.2 Å². The van der Waals surface area contributed by atoms with Gasteiger partial charge in [-0.2, -0.15) is 0 Å². The predicted octanol–water partition coefficient (Wildman–Crippen LogP) is 3.61. The van der Waals surface area contributed by atoms with E-state index in [1.54, 1.807) is 7.11 Å². The minimum atomic E-state index is -3.37. The SMILES string of the molecule is COc1ccc(N[C@H]2c3cccc4cccc(c34)[C@@H]2NS(C)(=O)=O)cc1. The van der Waals surface area contributed by atoms with Gasteiger partial charge in [0.1, 0.15) is 5.75 Å². The van der Waals surface area contributed by atoms with Gasteiger partial charge >= 0.3 is 0 Å². The molecule has 26 heavy (non-hydrogen) atoms. The molecule has 2 N–H and O–H groups in total. The van der Waals surface area contributed by atoms with Gasteiger partial charge in [0.25, 0.3) is 0 Å². The van der Waals surface area contributed by atoms with Crippen molar-refractivity contribution in [2.24, 2.45) is 0 Å². The van der Waals surface area contributed by atoms with Gasteiger partial charge < -0.3 is 10.1 Å². The first-order chi connectivity index (χ1) is 12.5. The third kappa shape index (κ3) is 3.02. The summed E-state index contributed by atoms with van der Waals surface area (Å²) in [4.78, 5) is 0. The van der Waals surface area contributed by atoms with Crippen molar-refractivity contribution >= 4 is 26.5 Å². The highest BCUT2D eigenvalue weighted by molar-refractivity contribution is 7.88. The van der Waals surface area contributed by atoms with Crippen LogP contribution in [0.1, 0.15) is 23.2 Å². The van der Waals surface area contributed by atoms with E-state index in [1.165, 1.54) is 6.26 Å². The zero-order valence-corrected chi connectivity index (χ0v) is 15.4. The molecule has 1 aliphatic carbocycles. The van der Waals surface area contributed by atoms with E-state index in [0.29, 0.717) is 0 Å². The minimum absolute atomic E-state index is 0.195. The summed E-state index contributed by atoms with van der Waals surface area (Å²) in [6.45, 7) is 0. The maximum atomic E-state index is 12.0. The molecule has 1 aliphatic rings. The van der Waals surface area contributed by atoms with Crippen molar-refractivity contribution in [1.82, 2.24) is 4.72 Å². The van der Waals surface area contributed by atoms with Crippen LogP contribution in [0.25, 0.3) is 10.8 Å². The van der Waals surface area contributed by atoms with Gasteiger partial charge in [0.05, 0.1) is 25.4 Å². The van der Waals surface area contributed by atoms with Gasteiger partial charge in [0, 0.05) is 5.69 Å². The topological polar surface area (TPSA) is 67.4 Å². The fourth-order valence-electron chi connectivity index (χ4n) is 3.67. The van der Waals surface area contributed by atoms with Crippen molar-refractivity contribution in [2.45, 2.75) is 12.1 Å². The number of nitrogens with one attached hydrogen (secondary N) is 2. The average Bonchev–Trinajstić information content (AvgIpc) is 2.90. The Morgan fingerprint density at radius 3 is 2.08 bits per heavy atom. The van der Waals surface area contributed by atoms with Crippen molar-refractivity contribution in [3.63, 3.8) is 0 Å². The molecule has 0 heterocycles. The van der Waals surface area contributed by atoms with Crippen LogP contribution in [0.4, 0.5) is 5.69 Å². The highest BCUT2D eigenvalue weighted by Gasteiger charge is 2.35. The van der Waals surface area contributed by atoms with E-state index < -0.39 is 10.0 Å². The molecule has 4 rings (SSSR count). The number of methoxy groups -OCH3 is 1. The molecule has 134 valence electrons. The molecule has 0 fully saturated rings. The fraction of sp³-hybridized carbons (Fsp3) is 0.200. The second-order valence-electron chi connectivity index (χ2n) is 6.51. The predicted molar refractivity (Wildman–Crippen MR) is 104 cm³/mol. The van der Waals surface area contributed by atoms with E-state index >= 15 is 0 Å². The molecule has 0 radical (unpaired) electrons. The smallest absolute Gasteiger partial charge is 0.209 e. The summed E-state index contributed by atoms with van der Waals surface area (Å²) in [6, 6.07) is 19.2. The lowest BCUT2D eigenvalue weighted by molar-refractivity contribution is 0.415. The van der Waals surface area contributed by atoms with Gasteiger partial charge in [-0.25, -0.2) is 13.1 Å². The second-order valence-corrected chi connectivity index (χ2v) is 8.29. The molecule has 5 nitrogen and oxygen atoms in total. The molecule has 3 aromatic rings. The number of ether oxygens (including phenoxy) is 1. The lowest BCUT2D eigenvalue weighted by Gasteiger charge is -2.24. The fourth-order valence-corrected chi connectivity index (χ4v) is 4.39. The molecule has 2 atom stereocenters. The van der Waals surface area contributed by atoms with E-state index in [0.717, 1.165) is 33.3 Å². The van der Waals surface area contributed by atoms with Crippen LogP contribution in [-0.4, -0.2) is 21.8 Å². The van der Waals surface area contributed by atoms with Crippen LogP contribution in [-0.2, 0) is 10.0 Å². The third-order valence-electron chi connectivity index (χ3n) is 4.73. The van der Waals surface area contributed by atoms with Crippen molar-refractivity contribution in [3.8, 4) is 5.75 Å². The van der Waals surface area contributed by atoms with Crippen LogP contribution in [0.3, 0.4) is 0 Å². The molecule has 0 aliphatic heterocycles. The normalized spacial score (nSPS) is 18.8. The Kier molecular flexibility index (Phi) is 4.09. The summed E-state index contributed by atoms with van der Waals surface area (Å²) in [5.41, 5.74) is 2.99. The van der Waals surface area contributed by atoms with Crippen LogP contribution < -0.4 is 14.8 Å². The van der Waals surface area contributed by atoms with E-state index in [2.05, 4.69) is 28.2 Å². The number of hydrogen-bond donors (Lipinski definition) is 2. The highest BCUT2D eigenvalue weighted by atomic mass is 32.2. The Hall–Kier alpha value is -2.57. The largest absolute Gasteiger partial charge is 0.497 e. The van der Waals surface area contributed by atoms with Crippen LogP contribution in [0.15, 0.2) is 60.7 Å². The summed E-state index contributed by atoms with van der Waals surface area (Å²) in [6.07, 6.45) is 1.20. The summed E-state index contributed by atoms with van der Waals surface area (Å²) < 4.78 is 32.0. The van der Waals surface area contributed by atoms with Gasteiger partial charge in [0.15, 0.2) is 0 Å². The van der Waals surface area contributed by atoms with Gasteiger partial charge in [-0.1, -0.05) is 36.4 Å². The Morgan fingerprint density at radius 2 is 1.50 bits per heavy atom. The number of sulfonamides is 1. The first-order valence-electron chi connectivity index (χ1n) is 8.36. The summed E-state index contributed by atoms with van der Waals surface area (Å²) in [7, 11) is -1.74. The molecule has 0 amide bonds. The first-order valence-corrected chi connectivity index (χ1v) is 10.2. The van der Waals surface area contributed by atoms with Gasteiger partial charge in [-0.05, 0) is 46.2 Å². The molecule has 0 bridgehead atoms. The van der Waals surface area contributed by atoms with E-state index in [-0.39, 0.29) is 12.1 Å². The lowest BCUT2D eigenvalue weighted by atomic mass is 10.0. The Morgan fingerprint density at radius 1 is 0.885 bits per heavy atom. The van der Waals surface area contributed by atoms with Crippen molar-refractivity contribution in [2.75, 3.05) is 18.7 Å². The highest BCUT2D eigenvalue weighted by Crippen LogP contribution is 2.45. The van der Waals surface area contributed by atoms with Crippen LogP contribution in [0.5, 0.6) is 5.75 Å². The second kappa shape index (κ2) is 6.30. The third-order valence-corrected chi connectivity index (χ3v) is 5.41. The van der Waals surface area contributed by atoms with Crippen molar-refractivity contribution in [1.29, 1.82) is 0 Å². The van der Waals surface area contributed by atoms with E-state index in [1.807, 2.05) is 42.5 Å². The summed E-state index contributed by atoms with van der Waals surface area (Å²) >= 11 is 0. The van der Waals surface area contributed by atoms with E-state index in [9.17, 15) is 8.42 Å². The zero-order valence-electron chi connectivity index (χ0n) is 14.6. The van der Waals surface area contributed by atoms with Crippen LogP contribution >= 0.6 is 0 Å². The minimum Gasteiger partial charge on any atom is -0.497 e. The average molecular weight is 368 g/mol. The molecular weight excluding hydrogens is 348 g/mol. The van der Waals surface area contributed by atoms with Crippen LogP contribution in [0.2, 0.25) is 0 Å². The quantitative estimate of drug-likeness (QED) is 0.722. The van der Waals surface area contributed by atoms with Crippen molar-refractivity contribution in [3.05, 3.63) is 71.8 Å². The molecule has 0 saturated carbocycles. The summed E-state index contributed by atoms with van der Waals surface area (Å²) in [5.74, 6) is 0.776. The standard InChI is InChI=1S/C20H20N2O3S/c1-25-15-11-9-14(10-12-15)21-19-16-7-3-5-13-6-4-8-17(18(13)16)20(19)22-26(2,23)24/h3-12,19-22H,1-2H3/t19-,20-/m0/s1. The molecule has 0 saturated heterocycles. The summed E-state index contributed by atoms with van der Waals surface area (Å²) in [5, 5.41) is 5.71. The maximum Gasteiger partial charge on any atom is 0.209 e. The number of hydrogen-bond acceptors (Lipinski definition) is 4. The molecule has 0 spiro atoms. The lowest BCUT2D eigenvalue weighted by Crippen LogP contribution is -2.32. The number of rotatable bonds is 5.